The number of anilines is 1. The van der Waals surface area contributed by atoms with E-state index in [1.54, 1.807) is 11.7 Å². The smallest absolute Gasteiger partial charge is 0.263 e. The molecule has 0 radical (unpaired) electrons. The maximum absolute atomic E-state index is 14.7. The number of aryl methyl sites for hydroxylation is 1. The fourth-order valence-corrected chi connectivity index (χ4v) is 7.07. The van der Waals surface area contributed by atoms with E-state index in [4.69, 9.17) is 9.72 Å². The lowest BCUT2D eigenvalue weighted by Gasteiger charge is -2.42. The summed E-state index contributed by atoms with van der Waals surface area (Å²) >= 11 is 1.27. The number of hydrogen-bond donors (Lipinski definition) is 1. The Morgan fingerprint density at radius 3 is 2.50 bits per heavy atom. The Bertz CT molecular complexity index is 1620. The van der Waals surface area contributed by atoms with Gasteiger partial charge in [-0.3, -0.25) is 14.2 Å². The Morgan fingerprint density at radius 1 is 1.00 bits per heavy atom. The van der Waals surface area contributed by atoms with E-state index < -0.39 is 0 Å². The van der Waals surface area contributed by atoms with Gasteiger partial charge in [0.05, 0.1) is 29.8 Å². The average Bonchev–Trinajstić information content (AvgIpc) is 2.97. The van der Waals surface area contributed by atoms with Crippen LogP contribution in [0.1, 0.15) is 48.8 Å². The number of methoxy groups -OCH3 is 1. The van der Waals surface area contributed by atoms with Gasteiger partial charge in [-0.05, 0) is 56.0 Å². The summed E-state index contributed by atoms with van der Waals surface area (Å²) in [5.74, 6) is 0.545. The van der Waals surface area contributed by atoms with Crippen molar-refractivity contribution in [3.8, 4) is 22.7 Å². The van der Waals surface area contributed by atoms with Gasteiger partial charge in [0.15, 0.2) is 5.16 Å². The van der Waals surface area contributed by atoms with Gasteiger partial charge in [-0.1, -0.05) is 85.1 Å². The van der Waals surface area contributed by atoms with Crippen molar-refractivity contribution < 1.29 is 9.53 Å². The number of amides is 1. The van der Waals surface area contributed by atoms with Crippen LogP contribution in [0.5, 0.6) is 5.75 Å². The van der Waals surface area contributed by atoms with Crippen LogP contribution in [0.2, 0.25) is 0 Å². The molecule has 3 aromatic carbocycles. The maximum atomic E-state index is 14.7. The molecule has 1 aromatic heterocycles. The molecular formula is C33H33N3O3S. The molecule has 4 aromatic rings. The van der Waals surface area contributed by atoms with Crippen molar-refractivity contribution >= 4 is 23.4 Å². The van der Waals surface area contributed by atoms with Gasteiger partial charge < -0.3 is 10.1 Å². The first-order valence-corrected chi connectivity index (χ1v) is 14.9. The Hall–Kier alpha value is -3.84. The van der Waals surface area contributed by atoms with E-state index in [2.05, 4.69) is 23.5 Å². The predicted molar refractivity (Wildman–Crippen MR) is 161 cm³/mol. The van der Waals surface area contributed by atoms with Crippen molar-refractivity contribution in [2.24, 2.45) is 0 Å². The van der Waals surface area contributed by atoms with Crippen molar-refractivity contribution in [2.45, 2.75) is 56.0 Å². The van der Waals surface area contributed by atoms with Crippen LogP contribution in [-0.2, 0) is 16.6 Å². The number of ether oxygens (including phenoxy) is 1. The van der Waals surface area contributed by atoms with Crippen LogP contribution < -0.4 is 15.6 Å². The normalized spacial score (nSPS) is 15.2. The minimum absolute atomic E-state index is 0.0626. The van der Waals surface area contributed by atoms with Crippen LogP contribution in [0, 0.1) is 6.92 Å². The largest absolute Gasteiger partial charge is 0.495 e. The monoisotopic (exact) mass is 551 g/mol. The van der Waals surface area contributed by atoms with Crippen LogP contribution in [0.25, 0.3) is 16.9 Å². The Morgan fingerprint density at radius 2 is 1.73 bits per heavy atom. The number of aromatic nitrogens is 2. The molecule has 1 amide bonds. The first-order chi connectivity index (χ1) is 19.5. The summed E-state index contributed by atoms with van der Waals surface area (Å²) in [5.41, 5.74) is 6.04. The number of nitrogens with zero attached hydrogens (tertiary/aromatic N) is 2. The van der Waals surface area contributed by atoms with Crippen LogP contribution in [0.15, 0.2) is 82.7 Å². The summed E-state index contributed by atoms with van der Waals surface area (Å²) in [7, 11) is 1.61. The molecule has 0 atom stereocenters. The van der Waals surface area contributed by atoms with Gasteiger partial charge >= 0.3 is 0 Å². The summed E-state index contributed by atoms with van der Waals surface area (Å²) < 4.78 is 7.36. The number of fused-ring (bicyclic) bond motifs is 4. The lowest BCUT2D eigenvalue weighted by atomic mass is 9.62. The number of hydrogen-bond acceptors (Lipinski definition) is 5. The molecule has 1 spiro atoms. The number of thioether (sulfide) groups is 1. The van der Waals surface area contributed by atoms with Crippen LogP contribution in [0.4, 0.5) is 5.69 Å². The zero-order valence-electron chi connectivity index (χ0n) is 22.9. The summed E-state index contributed by atoms with van der Waals surface area (Å²) in [6.07, 6.45) is 6.20. The summed E-state index contributed by atoms with van der Waals surface area (Å²) in [6.45, 7) is 2.01. The quantitative estimate of drug-likeness (QED) is 0.213. The molecule has 6 rings (SSSR count). The lowest BCUT2D eigenvalue weighted by molar-refractivity contribution is -0.113. The molecule has 1 fully saturated rings. The van der Waals surface area contributed by atoms with Gasteiger partial charge in [-0.2, -0.15) is 0 Å². The van der Waals surface area contributed by atoms with Gasteiger partial charge in [0, 0.05) is 16.7 Å². The SMILES string of the molecule is COc1ccccc1-n1c(SCC(=O)Nc2ccc(C)cc2)nc2c(c1=O)C1(CCCCC1)Cc1ccccc1-2. The van der Waals surface area contributed by atoms with Gasteiger partial charge in [-0.25, -0.2) is 4.98 Å². The highest BCUT2D eigenvalue weighted by atomic mass is 32.2. The number of carbonyl (C=O) groups excluding carboxylic acids is 1. The molecular weight excluding hydrogens is 518 g/mol. The summed E-state index contributed by atoms with van der Waals surface area (Å²) in [6, 6.07) is 23.6. The van der Waals surface area contributed by atoms with Crippen LogP contribution in [-0.4, -0.2) is 28.3 Å². The van der Waals surface area contributed by atoms with Crippen molar-refractivity contribution in [3.63, 3.8) is 0 Å². The second-order valence-electron chi connectivity index (χ2n) is 10.8. The third-order valence-electron chi connectivity index (χ3n) is 8.19. The first kappa shape index (κ1) is 26.4. The van der Waals surface area contributed by atoms with E-state index >= 15 is 0 Å². The molecule has 2 aliphatic carbocycles. The fraction of sp³-hybridized carbons (Fsp3) is 0.303. The molecule has 40 heavy (non-hydrogen) atoms. The topological polar surface area (TPSA) is 73.2 Å². The highest BCUT2D eigenvalue weighted by molar-refractivity contribution is 7.99. The molecule has 204 valence electrons. The summed E-state index contributed by atoms with van der Waals surface area (Å²) in [4.78, 5) is 32.9. The standard InChI is InChI=1S/C33H33N3O3S/c1-22-14-16-24(17-15-22)34-28(37)21-40-32-35-30-25-11-5-4-10-23(25)20-33(18-8-3-9-19-33)29(30)31(38)36(32)26-12-6-7-13-27(26)39-2/h4-7,10-17H,3,8-9,18-21H2,1-2H3,(H,34,37). The molecule has 0 bridgehead atoms. The second kappa shape index (κ2) is 11.0. The first-order valence-electron chi connectivity index (χ1n) is 13.9. The third-order valence-corrected chi connectivity index (χ3v) is 9.13. The molecule has 1 saturated carbocycles. The summed E-state index contributed by atoms with van der Waals surface area (Å²) in [5, 5.41) is 3.44. The highest BCUT2D eigenvalue weighted by Crippen LogP contribution is 2.49. The Labute approximate surface area is 238 Å². The van der Waals surface area contributed by atoms with Crippen molar-refractivity contribution in [3.05, 3.63) is 99.8 Å². The molecule has 1 N–H and O–H groups in total. The molecule has 0 aliphatic heterocycles. The van der Waals surface area contributed by atoms with E-state index in [1.165, 1.54) is 23.7 Å². The van der Waals surface area contributed by atoms with Gasteiger partial charge in [0.2, 0.25) is 5.91 Å². The third kappa shape index (κ3) is 4.83. The molecule has 0 saturated heterocycles. The number of nitrogens with one attached hydrogen (secondary N) is 1. The molecule has 7 heteroatoms. The number of para-hydroxylation sites is 2. The Balaban J connectivity index is 1.49. The zero-order chi connectivity index (χ0) is 27.7. The number of carbonyl (C=O) groups is 1. The predicted octanol–water partition coefficient (Wildman–Crippen LogP) is 6.71. The second-order valence-corrected chi connectivity index (χ2v) is 11.8. The minimum Gasteiger partial charge on any atom is -0.495 e. The fourth-order valence-electron chi connectivity index (χ4n) is 6.28. The molecule has 2 aliphatic rings. The van der Waals surface area contributed by atoms with E-state index in [9.17, 15) is 9.59 Å². The molecule has 1 heterocycles. The van der Waals surface area contributed by atoms with E-state index in [0.29, 0.717) is 16.6 Å². The van der Waals surface area contributed by atoms with Crippen molar-refractivity contribution in [1.82, 2.24) is 9.55 Å². The highest BCUT2D eigenvalue weighted by Gasteiger charge is 2.43. The maximum Gasteiger partial charge on any atom is 0.263 e. The Kier molecular flexibility index (Phi) is 7.24. The van der Waals surface area contributed by atoms with Gasteiger partial charge in [0.1, 0.15) is 5.75 Å². The molecule has 6 nitrogen and oxygen atoms in total. The van der Waals surface area contributed by atoms with E-state index in [-0.39, 0.29) is 22.6 Å². The zero-order valence-corrected chi connectivity index (χ0v) is 23.7. The number of benzene rings is 3. The van der Waals surface area contributed by atoms with Crippen molar-refractivity contribution in [2.75, 3.05) is 18.2 Å². The molecule has 0 unspecified atom stereocenters. The van der Waals surface area contributed by atoms with Crippen LogP contribution >= 0.6 is 11.8 Å². The van der Waals surface area contributed by atoms with E-state index in [1.807, 2.05) is 61.5 Å². The number of rotatable bonds is 6. The average molecular weight is 552 g/mol. The van der Waals surface area contributed by atoms with Crippen molar-refractivity contribution in [1.29, 1.82) is 0 Å². The lowest BCUT2D eigenvalue weighted by Crippen LogP contribution is -2.43. The van der Waals surface area contributed by atoms with Crippen LogP contribution in [0.3, 0.4) is 0 Å². The van der Waals surface area contributed by atoms with E-state index in [0.717, 1.165) is 60.2 Å². The van der Waals surface area contributed by atoms with Gasteiger partial charge in [-0.15, -0.1) is 0 Å². The van der Waals surface area contributed by atoms with Gasteiger partial charge in [0.25, 0.3) is 5.56 Å². The minimum atomic E-state index is -0.234.